The number of hydrogen-bond donors (Lipinski definition) is 1. The molecular formula is C20H29F3N4O2S. The zero-order valence-electron chi connectivity index (χ0n) is 17.3. The quantitative estimate of drug-likeness (QED) is 0.769. The first-order chi connectivity index (χ1) is 13.9. The van der Waals surface area contributed by atoms with Gasteiger partial charge in [-0.2, -0.15) is 17.5 Å². The molecule has 1 aromatic heterocycles. The van der Waals surface area contributed by atoms with E-state index in [1.165, 1.54) is 10.4 Å². The molecule has 3 aliphatic rings. The number of piperazine rings is 1. The van der Waals surface area contributed by atoms with Crippen LogP contribution in [-0.2, 0) is 16.2 Å². The van der Waals surface area contributed by atoms with Gasteiger partial charge in [0.25, 0.3) is 0 Å². The summed E-state index contributed by atoms with van der Waals surface area (Å²) >= 11 is 0. The van der Waals surface area contributed by atoms with Crippen LogP contribution in [0.2, 0.25) is 0 Å². The number of alkyl halides is 3. The van der Waals surface area contributed by atoms with Crippen molar-refractivity contribution in [2.75, 3.05) is 36.8 Å². The van der Waals surface area contributed by atoms with Crippen molar-refractivity contribution in [3.8, 4) is 0 Å². The number of fused-ring (bicyclic) bond motifs is 2. The third kappa shape index (κ3) is 3.40. The van der Waals surface area contributed by atoms with Crippen molar-refractivity contribution in [2.24, 2.45) is 22.5 Å². The van der Waals surface area contributed by atoms with E-state index >= 15 is 0 Å². The maximum atomic E-state index is 13.3. The summed E-state index contributed by atoms with van der Waals surface area (Å²) in [5.41, 5.74) is 5.16. The Bertz CT molecular complexity index is 896. The second-order valence-corrected chi connectivity index (χ2v) is 11.5. The Morgan fingerprint density at radius 1 is 1.20 bits per heavy atom. The van der Waals surface area contributed by atoms with E-state index in [2.05, 4.69) is 18.8 Å². The van der Waals surface area contributed by atoms with Gasteiger partial charge in [0.2, 0.25) is 10.0 Å². The van der Waals surface area contributed by atoms with Crippen LogP contribution in [0.3, 0.4) is 0 Å². The Balaban J connectivity index is 1.42. The first-order valence-electron chi connectivity index (χ1n) is 10.4. The first-order valence-corrected chi connectivity index (χ1v) is 12.0. The van der Waals surface area contributed by atoms with Gasteiger partial charge in [-0.05, 0) is 42.7 Å². The van der Waals surface area contributed by atoms with Crippen LogP contribution in [0.1, 0.15) is 38.7 Å². The van der Waals surface area contributed by atoms with Crippen molar-refractivity contribution in [3.63, 3.8) is 0 Å². The number of pyridine rings is 1. The van der Waals surface area contributed by atoms with Crippen LogP contribution in [0.15, 0.2) is 18.3 Å². The fourth-order valence-corrected chi connectivity index (χ4v) is 8.13. The molecule has 6 nitrogen and oxygen atoms in total. The van der Waals surface area contributed by atoms with Crippen molar-refractivity contribution >= 4 is 15.8 Å². The second-order valence-electron chi connectivity index (χ2n) is 9.50. The van der Waals surface area contributed by atoms with Gasteiger partial charge in [0, 0.05) is 43.8 Å². The van der Waals surface area contributed by atoms with Crippen LogP contribution >= 0.6 is 0 Å². The van der Waals surface area contributed by atoms with Crippen molar-refractivity contribution in [1.29, 1.82) is 0 Å². The van der Waals surface area contributed by atoms with Crippen LogP contribution in [-0.4, -0.2) is 55.7 Å². The van der Waals surface area contributed by atoms with E-state index < -0.39 is 21.8 Å². The maximum absolute atomic E-state index is 13.3. The van der Waals surface area contributed by atoms with E-state index in [4.69, 9.17) is 5.73 Å². The highest BCUT2D eigenvalue weighted by molar-refractivity contribution is 7.89. The van der Waals surface area contributed by atoms with Crippen LogP contribution in [0.25, 0.3) is 0 Å². The minimum absolute atomic E-state index is 0.0726. The van der Waals surface area contributed by atoms with Crippen molar-refractivity contribution in [3.05, 3.63) is 23.9 Å². The molecule has 30 heavy (non-hydrogen) atoms. The van der Waals surface area contributed by atoms with E-state index in [9.17, 15) is 21.6 Å². The lowest BCUT2D eigenvalue weighted by Gasteiger charge is -2.43. The molecule has 2 N–H and O–H groups in total. The van der Waals surface area contributed by atoms with Gasteiger partial charge in [0.1, 0.15) is 5.82 Å². The highest BCUT2D eigenvalue weighted by atomic mass is 32.2. The molecule has 168 valence electrons. The average molecular weight is 447 g/mol. The molecule has 3 atom stereocenters. The summed E-state index contributed by atoms with van der Waals surface area (Å²) in [6.45, 7) is 5.67. The molecule has 1 saturated heterocycles. The van der Waals surface area contributed by atoms with Gasteiger partial charge >= 0.3 is 6.18 Å². The molecule has 0 radical (unpaired) electrons. The zero-order valence-corrected chi connectivity index (χ0v) is 18.1. The van der Waals surface area contributed by atoms with Crippen molar-refractivity contribution in [2.45, 2.75) is 45.3 Å². The van der Waals surface area contributed by atoms with Gasteiger partial charge in [0.05, 0.1) is 11.3 Å². The number of sulfonamides is 1. The number of nitrogens with two attached hydrogens (primary N) is 1. The Morgan fingerprint density at radius 3 is 2.33 bits per heavy atom. The highest BCUT2D eigenvalue weighted by Crippen LogP contribution is 2.65. The Morgan fingerprint density at radius 2 is 1.87 bits per heavy atom. The molecule has 3 fully saturated rings. The van der Waals surface area contributed by atoms with Gasteiger partial charge in [-0.1, -0.05) is 13.8 Å². The van der Waals surface area contributed by atoms with Crippen LogP contribution < -0.4 is 10.6 Å². The number of rotatable bonds is 4. The fourth-order valence-electron chi connectivity index (χ4n) is 5.85. The molecule has 4 rings (SSSR count). The number of aromatic nitrogens is 1. The zero-order chi connectivity index (χ0) is 21.9. The molecule has 1 unspecified atom stereocenters. The molecule has 2 saturated carbocycles. The van der Waals surface area contributed by atoms with Crippen LogP contribution in [0.4, 0.5) is 19.0 Å². The molecule has 10 heteroatoms. The van der Waals surface area contributed by atoms with Gasteiger partial charge < -0.3 is 10.6 Å². The first kappa shape index (κ1) is 21.8. The second kappa shape index (κ2) is 7.06. The van der Waals surface area contributed by atoms with E-state index in [-0.39, 0.29) is 22.6 Å². The number of halogens is 3. The summed E-state index contributed by atoms with van der Waals surface area (Å²) in [5.74, 6) is 0.977. The van der Waals surface area contributed by atoms with Gasteiger partial charge in [-0.25, -0.2) is 13.4 Å². The summed E-state index contributed by atoms with van der Waals surface area (Å²) in [6, 6.07) is 2.24. The number of hydrogen-bond acceptors (Lipinski definition) is 5. The maximum Gasteiger partial charge on any atom is 0.417 e. The van der Waals surface area contributed by atoms with Gasteiger partial charge in [-0.15, -0.1) is 0 Å². The van der Waals surface area contributed by atoms with Gasteiger partial charge in [0.15, 0.2) is 0 Å². The lowest BCUT2D eigenvalue weighted by Crippen LogP contribution is -2.54. The topological polar surface area (TPSA) is 79.5 Å². The summed E-state index contributed by atoms with van der Waals surface area (Å²) < 4.78 is 66.2. The van der Waals surface area contributed by atoms with E-state index in [0.717, 1.165) is 31.5 Å². The molecule has 1 aromatic rings. The van der Waals surface area contributed by atoms with E-state index in [0.29, 0.717) is 37.9 Å². The molecule has 2 aliphatic carbocycles. The Labute approximate surface area is 175 Å². The van der Waals surface area contributed by atoms with Crippen molar-refractivity contribution in [1.82, 2.24) is 9.29 Å². The van der Waals surface area contributed by atoms with E-state index in [1.807, 2.05) is 4.90 Å². The third-order valence-electron chi connectivity index (χ3n) is 7.96. The lowest BCUT2D eigenvalue weighted by atomic mass is 9.69. The smallest absolute Gasteiger partial charge is 0.354 e. The molecule has 1 aliphatic heterocycles. The Hall–Kier alpha value is -1.39. The summed E-state index contributed by atoms with van der Waals surface area (Å²) in [7, 11) is -3.49. The lowest BCUT2D eigenvalue weighted by molar-refractivity contribution is -0.137. The molecule has 0 amide bonds. The third-order valence-corrected chi connectivity index (χ3v) is 9.99. The minimum atomic E-state index is -4.42. The standard InChI is InChI=1S/C20H29F3N4O2S/c1-18(2)14-5-6-19(18,16(24)11-14)13-30(28,29)27-9-7-26(8-10-27)17-4-3-15(12-25-17)20(21,22)23/h3-4,12,14,16H,5-11,13,24H2,1-2H3/t14-,16?,19+/m1/s1. The fraction of sp³-hybridized carbons (Fsp3) is 0.750. The normalized spacial score (nSPS) is 32.0. The molecule has 0 aromatic carbocycles. The van der Waals surface area contributed by atoms with Crippen LogP contribution in [0, 0.1) is 16.7 Å². The SMILES string of the molecule is CC1(C)[C@@H]2CC[C@]1(CS(=O)(=O)N1CCN(c3ccc(C(F)(F)F)cn3)CC1)C(N)C2. The summed E-state index contributed by atoms with van der Waals surface area (Å²) in [6.07, 6.45) is -0.844. The monoisotopic (exact) mass is 446 g/mol. The highest BCUT2D eigenvalue weighted by Gasteiger charge is 2.64. The molecule has 2 heterocycles. The predicted octanol–water partition coefficient (Wildman–Crippen LogP) is 2.71. The molecular weight excluding hydrogens is 417 g/mol. The summed E-state index contributed by atoms with van der Waals surface area (Å²) in [5, 5.41) is 0. The van der Waals surface area contributed by atoms with Crippen LogP contribution in [0.5, 0.6) is 0 Å². The average Bonchev–Trinajstić information content (AvgIpc) is 3.01. The molecule has 0 spiro atoms. The van der Waals surface area contributed by atoms with Gasteiger partial charge in [-0.3, -0.25) is 0 Å². The minimum Gasteiger partial charge on any atom is -0.354 e. The predicted molar refractivity (Wildman–Crippen MR) is 108 cm³/mol. The molecule has 2 bridgehead atoms. The van der Waals surface area contributed by atoms with E-state index in [1.54, 1.807) is 0 Å². The summed E-state index contributed by atoms with van der Waals surface area (Å²) in [4.78, 5) is 5.74. The largest absolute Gasteiger partial charge is 0.417 e. The number of nitrogens with zero attached hydrogens (tertiary/aromatic N) is 3. The number of anilines is 1. The Kier molecular flexibility index (Phi) is 5.14. The van der Waals surface area contributed by atoms with Crippen molar-refractivity contribution < 1.29 is 21.6 Å².